The summed E-state index contributed by atoms with van der Waals surface area (Å²) in [5, 5.41) is 2.80. The fourth-order valence-corrected chi connectivity index (χ4v) is 2.99. The first-order chi connectivity index (χ1) is 9.39. The van der Waals surface area contributed by atoms with Gasteiger partial charge in [-0.2, -0.15) is 13.2 Å². The minimum absolute atomic E-state index is 0.00109. The van der Waals surface area contributed by atoms with Crippen LogP contribution in [0.25, 0.3) is 0 Å². The standard InChI is InChI=1S/C13H19F3N2O2/c14-13(15,16)12(20)18-8-4-7-10(18)11(19)17-9-5-2-1-3-6-9/h9-10H,1-8H2,(H,17,19). The zero-order valence-corrected chi connectivity index (χ0v) is 11.2. The fourth-order valence-electron chi connectivity index (χ4n) is 2.99. The number of alkyl halides is 3. The van der Waals surface area contributed by atoms with Crippen LogP contribution in [0.5, 0.6) is 0 Å². The van der Waals surface area contributed by atoms with Crippen molar-refractivity contribution in [2.45, 2.75) is 63.2 Å². The van der Waals surface area contributed by atoms with Gasteiger partial charge in [0.05, 0.1) is 0 Å². The zero-order valence-electron chi connectivity index (χ0n) is 11.2. The van der Waals surface area contributed by atoms with Gasteiger partial charge in [-0.3, -0.25) is 9.59 Å². The molecule has 2 amide bonds. The summed E-state index contributed by atoms with van der Waals surface area (Å²) in [5.41, 5.74) is 0. The number of likely N-dealkylation sites (tertiary alicyclic amines) is 1. The molecule has 1 unspecified atom stereocenters. The van der Waals surface area contributed by atoms with Gasteiger partial charge in [0, 0.05) is 12.6 Å². The van der Waals surface area contributed by atoms with E-state index in [0.717, 1.165) is 32.1 Å². The van der Waals surface area contributed by atoms with Gasteiger partial charge in [0.15, 0.2) is 0 Å². The van der Waals surface area contributed by atoms with Crippen molar-refractivity contribution < 1.29 is 22.8 Å². The summed E-state index contributed by atoms with van der Waals surface area (Å²) in [6.45, 7) is 0.00109. The summed E-state index contributed by atoms with van der Waals surface area (Å²) < 4.78 is 37.4. The Bertz CT molecular complexity index is 378. The molecule has 0 spiro atoms. The Labute approximate surface area is 115 Å². The van der Waals surface area contributed by atoms with Gasteiger partial charge in [-0.25, -0.2) is 0 Å². The quantitative estimate of drug-likeness (QED) is 0.846. The van der Waals surface area contributed by atoms with E-state index in [1.165, 1.54) is 0 Å². The van der Waals surface area contributed by atoms with Crippen LogP contribution in [-0.4, -0.2) is 41.5 Å². The zero-order chi connectivity index (χ0) is 14.8. The van der Waals surface area contributed by atoms with Crippen LogP contribution >= 0.6 is 0 Å². The second kappa shape index (κ2) is 6.01. The highest BCUT2D eigenvalue weighted by Crippen LogP contribution is 2.26. The molecule has 0 aromatic carbocycles. The molecule has 1 aliphatic carbocycles. The predicted molar refractivity (Wildman–Crippen MR) is 65.8 cm³/mol. The molecular formula is C13H19F3N2O2. The van der Waals surface area contributed by atoms with Crippen molar-refractivity contribution in [1.82, 2.24) is 10.2 Å². The average Bonchev–Trinajstić information content (AvgIpc) is 2.87. The number of halogens is 3. The van der Waals surface area contributed by atoms with Gasteiger partial charge < -0.3 is 10.2 Å². The molecule has 2 rings (SSSR count). The number of amides is 2. The SMILES string of the molecule is O=C(NC1CCCCC1)C1CCCN1C(=O)C(F)(F)F. The predicted octanol–water partition coefficient (Wildman–Crippen LogP) is 1.99. The molecule has 1 aliphatic heterocycles. The van der Waals surface area contributed by atoms with Crippen molar-refractivity contribution in [3.63, 3.8) is 0 Å². The number of nitrogens with one attached hydrogen (secondary N) is 1. The molecular weight excluding hydrogens is 273 g/mol. The summed E-state index contributed by atoms with van der Waals surface area (Å²) in [5.74, 6) is -2.34. The Morgan fingerprint density at radius 1 is 1.00 bits per heavy atom. The molecule has 1 N–H and O–H groups in total. The first kappa shape index (κ1) is 15.1. The maximum Gasteiger partial charge on any atom is 0.471 e. The monoisotopic (exact) mass is 292 g/mol. The first-order valence-electron chi connectivity index (χ1n) is 7.08. The summed E-state index contributed by atoms with van der Waals surface area (Å²) in [6, 6.07) is -0.925. The van der Waals surface area contributed by atoms with E-state index in [2.05, 4.69) is 5.32 Å². The first-order valence-corrected chi connectivity index (χ1v) is 7.08. The molecule has 2 aliphatic rings. The molecule has 20 heavy (non-hydrogen) atoms. The summed E-state index contributed by atoms with van der Waals surface area (Å²) in [7, 11) is 0. The van der Waals surface area contributed by atoms with E-state index in [0.29, 0.717) is 17.7 Å². The van der Waals surface area contributed by atoms with Crippen LogP contribution in [0.3, 0.4) is 0 Å². The average molecular weight is 292 g/mol. The van der Waals surface area contributed by atoms with Crippen molar-refractivity contribution >= 4 is 11.8 Å². The van der Waals surface area contributed by atoms with Crippen LogP contribution in [0.4, 0.5) is 13.2 Å². The van der Waals surface area contributed by atoms with Gasteiger partial charge in [-0.05, 0) is 25.7 Å². The highest BCUT2D eigenvalue weighted by atomic mass is 19.4. The van der Waals surface area contributed by atoms with Gasteiger partial charge in [0.1, 0.15) is 6.04 Å². The van der Waals surface area contributed by atoms with E-state index in [1.807, 2.05) is 0 Å². The number of hydrogen-bond acceptors (Lipinski definition) is 2. The molecule has 1 atom stereocenters. The maximum atomic E-state index is 12.5. The van der Waals surface area contributed by atoms with Crippen molar-refractivity contribution in [2.24, 2.45) is 0 Å². The smallest absolute Gasteiger partial charge is 0.352 e. The highest BCUT2D eigenvalue weighted by Gasteiger charge is 2.47. The highest BCUT2D eigenvalue weighted by molar-refractivity contribution is 5.90. The molecule has 1 saturated heterocycles. The lowest BCUT2D eigenvalue weighted by atomic mass is 9.95. The van der Waals surface area contributed by atoms with Crippen LogP contribution in [0, 0.1) is 0 Å². The van der Waals surface area contributed by atoms with E-state index >= 15 is 0 Å². The Hall–Kier alpha value is -1.27. The van der Waals surface area contributed by atoms with Crippen molar-refractivity contribution in [3.05, 3.63) is 0 Å². The van der Waals surface area contributed by atoms with Crippen LogP contribution in [0.15, 0.2) is 0 Å². The van der Waals surface area contributed by atoms with E-state index in [4.69, 9.17) is 0 Å². The van der Waals surface area contributed by atoms with Crippen molar-refractivity contribution in [2.75, 3.05) is 6.54 Å². The molecule has 0 aromatic rings. The number of carbonyl (C=O) groups excluding carboxylic acids is 2. The lowest BCUT2D eigenvalue weighted by Crippen LogP contribution is -2.52. The number of carbonyl (C=O) groups is 2. The van der Waals surface area contributed by atoms with Crippen LogP contribution in [0.1, 0.15) is 44.9 Å². The second-order valence-corrected chi connectivity index (χ2v) is 5.50. The van der Waals surface area contributed by atoms with E-state index in [9.17, 15) is 22.8 Å². The topological polar surface area (TPSA) is 49.4 Å². The van der Waals surface area contributed by atoms with E-state index in [1.54, 1.807) is 0 Å². The minimum Gasteiger partial charge on any atom is -0.352 e. The molecule has 1 saturated carbocycles. The lowest BCUT2D eigenvalue weighted by Gasteiger charge is -2.28. The largest absolute Gasteiger partial charge is 0.471 e. The van der Waals surface area contributed by atoms with Gasteiger partial charge in [0.2, 0.25) is 5.91 Å². The summed E-state index contributed by atoms with van der Waals surface area (Å²) in [6.07, 6.45) is 0.756. The minimum atomic E-state index is -4.91. The Balaban J connectivity index is 1.95. The molecule has 7 heteroatoms. The van der Waals surface area contributed by atoms with E-state index in [-0.39, 0.29) is 12.6 Å². The van der Waals surface area contributed by atoms with Crippen molar-refractivity contribution in [1.29, 1.82) is 0 Å². The molecule has 114 valence electrons. The third-order valence-corrected chi connectivity index (χ3v) is 4.01. The van der Waals surface area contributed by atoms with Gasteiger partial charge in [-0.1, -0.05) is 19.3 Å². The maximum absolute atomic E-state index is 12.5. The Morgan fingerprint density at radius 2 is 1.65 bits per heavy atom. The fraction of sp³-hybridized carbons (Fsp3) is 0.846. The van der Waals surface area contributed by atoms with Gasteiger partial charge in [-0.15, -0.1) is 0 Å². The third kappa shape index (κ3) is 3.43. The van der Waals surface area contributed by atoms with Crippen LogP contribution < -0.4 is 5.32 Å². The lowest BCUT2D eigenvalue weighted by molar-refractivity contribution is -0.186. The normalized spacial score (nSPS) is 24.8. The molecule has 0 radical (unpaired) electrons. The van der Waals surface area contributed by atoms with E-state index < -0.39 is 24.0 Å². The molecule has 1 heterocycles. The number of rotatable bonds is 2. The third-order valence-electron chi connectivity index (χ3n) is 4.01. The molecule has 2 fully saturated rings. The van der Waals surface area contributed by atoms with Crippen LogP contribution in [0.2, 0.25) is 0 Å². The van der Waals surface area contributed by atoms with Gasteiger partial charge in [0.25, 0.3) is 0 Å². The molecule has 4 nitrogen and oxygen atoms in total. The number of nitrogens with zero attached hydrogens (tertiary/aromatic N) is 1. The Kier molecular flexibility index (Phi) is 4.55. The van der Waals surface area contributed by atoms with Crippen molar-refractivity contribution in [3.8, 4) is 0 Å². The second-order valence-electron chi connectivity index (χ2n) is 5.50. The molecule has 0 aromatic heterocycles. The number of hydrogen-bond donors (Lipinski definition) is 1. The van der Waals surface area contributed by atoms with Gasteiger partial charge >= 0.3 is 12.1 Å². The summed E-state index contributed by atoms with van der Waals surface area (Å²) in [4.78, 5) is 24.0. The molecule has 0 bridgehead atoms. The summed E-state index contributed by atoms with van der Waals surface area (Å²) >= 11 is 0. The van der Waals surface area contributed by atoms with Crippen LogP contribution in [-0.2, 0) is 9.59 Å². The Morgan fingerprint density at radius 3 is 2.25 bits per heavy atom.